The predicted octanol–water partition coefficient (Wildman–Crippen LogP) is 4.29. The highest BCUT2D eigenvalue weighted by Gasteiger charge is 2.27. The van der Waals surface area contributed by atoms with Gasteiger partial charge in [0.2, 0.25) is 11.8 Å². The zero-order chi connectivity index (χ0) is 20.5. The SMILES string of the molecule is C=CC(=O)N1CC[C@H](Oc2nc(Nc3ncc(C)s3)cc3c2ccn3C(C)C)C1. The summed E-state index contributed by atoms with van der Waals surface area (Å²) in [7, 11) is 0. The van der Waals surface area contributed by atoms with Gasteiger partial charge in [0.1, 0.15) is 11.9 Å². The third-order valence-electron chi connectivity index (χ3n) is 5.00. The molecule has 1 aliphatic heterocycles. The molecule has 29 heavy (non-hydrogen) atoms. The number of ether oxygens (including phenoxy) is 1. The Bertz CT molecular complexity index is 1050. The molecule has 1 N–H and O–H groups in total. The van der Waals surface area contributed by atoms with Gasteiger partial charge >= 0.3 is 0 Å². The van der Waals surface area contributed by atoms with Crippen molar-refractivity contribution in [2.75, 3.05) is 18.4 Å². The summed E-state index contributed by atoms with van der Waals surface area (Å²) in [4.78, 5) is 23.9. The van der Waals surface area contributed by atoms with Crippen molar-refractivity contribution in [3.8, 4) is 5.88 Å². The predicted molar refractivity (Wildman–Crippen MR) is 116 cm³/mol. The summed E-state index contributed by atoms with van der Waals surface area (Å²) >= 11 is 1.58. The molecule has 1 amide bonds. The molecule has 8 heteroatoms. The van der Waals surface area contributed by atoms with E-state index in [1.165, 1.54) is 6.08 Å². The number of hydrogen-bond donors (Lipinski definition) is 1. The maximum absolute atomic E-state index is 11.9. The van der Waals surface area contributed by atoms with Gasteiger partial charge in [-0.1, -0.05) is 6.58 Å². The van der Waals surface area contributed by atoms with E-state index in [4.69, 9.17) is 9.72 Å². The number of amides is 1. The summed E-state index contributed by atoms with van der Waals surface area (Å²) < 4.78 is 8.48. The lowest BCUT2D eigenvalue weighted by Gasteiger charge is -2.17. The molecule has 1 saturated heterocycles. The van der Waals surface area contributed by atoms with E-state index in [9.17, 15) is 4.79 Å². The summed E-state index contributed by atoms with van der Waals surface area (Å²) in [5, 5.41) is 5.06. The molecule has 1 atom stereocenters. The van der Waals surface area contributed by atoms with Crippen LogP contribution in [0, 0.1) is 6.92 Å². The first-order valence-electron chi connectivity index (χ1n) is 9.73. The van der Waals surface area contributed by atoms with Gasteiger partial charge in [0.05, 0.1) is 17.4 Å². The Balaban J connectivity index is 1.66. The first-order valence-corrected chi connectivity index (χ1v) is 10.5. The highest BCUT2D eigenvalue weighted by Crippen LogP contribution is 2.33. The zero-order valence-electron chi connectivity index (χ0n) is 16.9. The Morgan fingerprint density at radius 1 is 1.48 bits per heavy atom. The van der Waals surface area contributed by atoms with Gasteiger partial charge in [-0.15, -0.1) is 11.3 Å². The molecule has 4 heterocycles. The number of pyridine rings is 1. The maximum atomic E-state index is 11.9. The number of likely N-dealkylation sites (tertiary alicyclic amines) is 1. The van der Waals surface area contributed by atoms with Crippen LogP contribution in [0.4, 0.5) is 10.9 Å². The molecule has 1 aliphatic rings. The monoisotopic (exact) mass is 411 g/mol. The molecule has 0 aliphatic carbocycles. The smallest absolute Gasteiger partial charge is 0.246 e. The van der Waals surface area contributed by atoms with E-state index < -0.39 is 0 Å². The molecular formula is C21H25N5O2S. The van der Waals surface area contributed by atoms with E-state index in [0.29, 0.717) is 30.8 Å². The lowest BCUT2D eigenvalue weighted by Crippen LogP contribution is -2.29. The number of aromatic nitrogens is 3. The minimum absolute atomic E-state index is 0.0604. The second-order valence-electron chi connectivity index (χ2n) is 7.48. The van der Waals surface area contributed by atoms with Crippen molar-refractivity contribution in [2.45, 2.75) is 39.3 Å². The van der Waals surface area contributed by atoms with Crippen LogP contribution in [0.1, 0.15) is 31.2 Å². The van der Waals surface area contributed by atoms with Crippen molar-refractivity contribution in [2.24, 2.45) is 0 Å². The minimum Gasteiger partial charge on any atom is -0.472 e. The molecule has 0 aromatic carbocycles. The fraction of sp³-hybridized carbons (Fsp3) is 0.381. The van der Waals surface area contributed by atoms with E-state index >= 15 is 0 Å². The van der Waals surface area contributed by atoms with Crippen LogP contribution in [-0.4, -0.2) is 44.5 Å². The highest BCUT2D eigenvalue weighted by atomic mass is 32.1. The summed E-state index contributed by atoms with van der Waals surface area (Å²) in [5.41, 5.74) is 1.05. The Morgan fingerprint density at radius 3 is 3.00 bits per heavy atom. The van der Waals surface area contributed by atoms with Crippen molar-refractivity contribution in [1.82, 2.24) is 19.4 Å². The molecule has 3 aromatic rings. The van der Waals surface area contributed by atoms with Gasteiger partial charge in [0.15, 0.2) is 5.13 Å². The van der Waals surface area contributed by atoms with Gasteiger partial charge in [0, 0.05) is 42.3 Å². The van der Waals surface area contributed by atoms with Gasteiger partial charge in [-0.05, 0) is 32.9 Å². The fourth-order valence-electron chi connectivity index (χ4n) is 3.56. The number of nitrogens with one attached hydrogen (secondary N) is 1. The molecule has 0 radical (unpaired) electrons. The summed E-state index contributed by atoms with van der Waals surface area (Å²) in [6.45, 7) is 11.1. The van der Waals surface area contributed by atoms with Crippen LogP contribution in [0.3, 0.4) is 0 Å². The van der Waals surface area contributed by atoms with Crippen LogP contribution in [0.5, 0.6) is 5.88 Å². The third-order valence-corrected chi connectivity index (χ3v) is 5.83. The third kappa shape index (κ3) is 3.98. The van der Waals surface area contributed by atoms with E-state index in [-0.39, 0.29) is 12.0 Å². The van der Waals surface area contributed by atoms with Crippen molar-refractivity contribution < 1.29 is 9.53 Å². The van der Waals surface area contributed by atoms with Crippen molar-refractivity contribution >= 4 is 39.1 Å². The van der Waals surface area contributed by atoms with Crippen LogP contribution in [0.2, 0.25) is 0 Å². The average Bonchev–Trinajstić information content (AvgIpc) is 3.41. The molecule has 4 rings (SSSR count). The molecule has 3 aromatic heterocycles. The molecular weight excluding hydrogens is 386 g/mol. The lowest BCUT2D eigenvalue weighted by molar-refractivity contribution is -0.125. The second kappa shape index (κ2) is 7.87. The van der Waals surface area contributed by atoms with Crippen LogP contribution in [0.15, 0.2) is 37.2 Å². The number of rotatable bonds is 6. The number of carbonyl (C=O) groups is 1. The Morgan fingerprint density at radius 2 is 2.31 bits per heavy atom. The van der Waals surface area contributed by atoms with E-state index in [2.05, 4.69) is 41.5 Å². The lowest BCUT2D eigenvalue weighted by atomic mass is 10.2. The van der Waals surface area contributed by atoms with Crippen LogP contribution < -0.4 is 10.1 Å². The topological polar surface area (TPSA) is 72.3 Å². The largest absolute Gasteiger partial charge is 0.472 e. The zero-order valence-corrected chi connectivity index (χ0v) is 17.7. The van der Waals surface area contributed by atoms with Crippen molar-refractivity contribution in [3.05, 3.63) is 42.1 Å². The number of fused-ring (bicyclic) bond motifs is 1. The summed E-state index contributed by atoms with van der Waals surface area (Å²) in [6.07, 6.45) is 5.93. The highest BCUT2D eigenvalue weighted by molar-refractivity contribution is 7.15. The number of anilines is 2. The van der Waals surface area contributed by atoms with E-state index in [1.807, 2.05) is 25.3 Å². The van der Waals surface area contributed by atoms with Gasteiger partial charge in [-0.3, -0.25) is 4.79 Å². The van der Waals surface area contributed by atoms with Gasteiger partial charge < -0.3 is 19.5 Å². The molecule has 0 unspecified atom stereocenters. The molecule has 0 saturated carbocycles. The molecule has 7 nitrogen and oxygen atoms in total. The number of aryl methyl sites for hydroxylation is 1. The van der Waals surface area contributed by atoms with E-state index in [1.54, 1.807) is 16.2 Å². The van der Waals surface area contributed by atoms with Crippen molar-refractivity contribution in [1.29, 1.82) is 0 Å². The van der Waals surface area contributed by atoms with Gasteiger partial charge in [-0.2, -0.15) is 4.98 Å². The standard InChI is InChI=1S/C21H25N5O2S/c1-5-19(27)25-8-6-15(12-25)28-20-16-7-9-26(13(2)3)17(16)10-18(23-20)24-21-22-11-14(4)29-21/h5,7,9-11,13,15H,1,6,8,12H2,2-4H3,(H,22,23,24)/t15-/m0/s1. The fourth-order valence-corrected chi connectivity index (χ4v) is 4.23. The average molecular weight is 412 g/mol. The van der Waals surface area contributed by atoms with Crippen LogP contribution in [-0.2, 0) is 4.79 Å². The van der Waals surface area contributed by atoms with Gasteiger partial charge in [0.25, 0.3) is 0 Å². The van der Waals surface area contributed by atoms with Crippen molar-refractivity contribution in [3.63, 3.8) is 0 Å². The summed E-state index contributed by atoms with van der Waals surface area (Å²) in [5.74, 6) is 1.21. The quantitative estimate of drug-likeness (QED) is 0.613. The first-order chi connectivity index (χ1) is 13.9. The van der Waals surface area contributed by atoms with Crippen LogP contribution >= 0.6 is 11.3 Å². The Hall–Kier alpha value is -2.87. The minimum atomic E-state index is -0.0886. The number of hydrogen-bond acceptors (Lipinski definition) is 6. The summed E-state index contributed by atoms with van der Waals surface area (Å²) in [6, 6.07) is 4.38. The second-order valence-corrected chi connectivity index (χ2v) is 8.71. The molecule has 152 valence electrons. The molecule has 0 bridgehead atoms. The van der Waals surface area contributed by atoms with E-state index in [0.717, 1.165) is 27.3 Å². The Kier molecular flexibility index (Phi) is 5.27. The Labute approximate surface area is 174 Å². The number of thiazole rings is 1. The van der Waals surface area contributed by atoms with Gasteiger partial charge in [-0.25, -0.2) is 4.98 Å². The maximum Gasteiger partial charge on any atom is 0.246 e. The molecule has 1 fully saturated rings. The number of carbonyl (C=O) groups excluding carboxylic acids is 1. The normalized spacial score (nSPS) is 16.6. The number of nitrogens with zero attached hydrogens (tertiary/aromatic N) is 4. The molecule has 0 spiro atoms. The first kappa shape index (κ1) is 19.4. The van der Waals surface area contributed by atoms with Crippen LogP contribution in [0.25, 0.3) is 10.9 Å².